The van der Waals surface area contributed by atoms with Crippen molar-refractivity contribution in [3.05, 3.63) is 191 Å². The van der Waals surface area contributed by atoms with Crippen molar-refractivity contribution in [1.29, 1.82) is 0 Å². The highest BCUT2D eigenvalue weighted by molar-refractivity contribution is 5.92. The van der Waals surface area contributed by atoms with Gasteiger partial charge in [-0.15, -0.1) is 6.58 Å². The van der Waals surface area contributed by atoms with Crippen LogP contribution in [0, 0.1) is 35.3 Å². The van der Waals surface area contributed by atoms with Gasteiger partial charge in [0.25, 0.3) is 0 Å². The fourth-order valence-corrected chi connectivity index (χ4v) is 8.79. The number of allylic oxidation sites excluding steroid dienone is 1. The van der Waals surface area contributed by atoms with Crippen LogP contribution in [0.1, 0.15) is 101 Å². The maximum atomic E-state index is 13.8. The van der Waals surface area contributed by atoms with Gasteiger partial charge >= 0.3 is 12.1 Å². The molecule has 1 N–H and O–H groups in total. The van der Waals surface area contributed by atoms with Gasteiger partial charge < -0.3 is 37.9 Å². The molecule has 0 aliphatic heterocycles. The minimum Gasteiger partial charge on any atom is -0.497 e. The summed E-state index contributed by atoms with van der Waals surface area (Å²) in [6.45, 7) is 15.7. The molecule has 2 aliphatic carbocycles. The number of rotatable bonds is 30. The van der Waals surface area contributed by atoms with E-state index in [9.17, 15) is 18.4 Å². The number of hydrogen-bond donors (Lipinski definition) is 1. The first-order valence-electron chi connectivity index (χ1n) is 27.3. The molecule has 0 saturated heterocycles. The normalized spacial score (nSPS) is 15.8. The summed E-state index contributed by atoms with van der Waals surface area (Å²) in [5.74, 6) is 1.66. The summed E-state index contributed by atoms with van der Waals surface area (Å²) in [5.41, 5.74) is 4.21. The molecule has 0 unspecified atom stereocenters. The number of benzene rings is 5. The molecule has 5 aromatic carbocycles. The van der Waals surface area contributed by atoms with Gasteiger partial charge in [0.2, 0.25) is 0 Å². The van der Waals surface area contributed by atoms with Crippen LogP contribution in [0.15, 0.2) is 152 Å². The number of carbonyl (C=O) groups excluding carboxylic acids is 2. The van der Waals surface area contributed by atoms with Gasteiger partial charge in [-0.05, 0) is 180 Å². The Morgan fingerprint density at radius 2 is 1.08 bits per heavy atom. The topological polar surface area (TPSA) is 120 Å². The van der Waals surface area contributed by atoms with Gasteiger partial charge in [0.1, 0.15) is 41.0 Å². The molecule has 0 spiro atoms. The van der Waals surface area contributed by atoms with Crippen molar-refractivity contribution in [2.45, 2.75) is 136 Å². The summed E-state index contributed by atoms with van der Waals surface area (Å²) < 4.78 is 74.1. The highest BCUT2D eigenvalue weighted by atomic mass is 19.1. The maximum absolute atomic E-state index is 13.8. The lowest BCUT2D eigenvalue weighted by atomic mass is 9.87. The van der Waals surface area contributed by atoms with E-state index >= 15 is 0 Å². The Hall–Kier alpha value is -6.38. The van der Waals surface area contributed by atoms with E-state index in [1.165, 1.54) is 37.1 Å². The molecule has 2 saturated carbocycles. The highest BCUT2D eigenvalue weighted by Gasteiger charge is 2.33. The van der Waals surface area contributed by atoms with Crippen molar-refractivity contribution in [2.75, 3.05) is 27.4 Å². The molecule has 2 aliphatic rings. The quantitative estimate of drug-likeness (QED) is 0.0270. The van der Waals surface area contributed by atoms with Crippen LogP contribution >= 0.6 is 0 Å². The van der Waals surface area contributed by atoms with E-state index in [1.54, 1.807) is 53.2 Å². The summed E-state index contributed by atoms with van der Waals surface area (Å²) in [7, 11) is 3.29. The van der Waals surface area contributed by atoms with Crippen LogP contribution in [0.3, 0.4) is 0 Å². The predicted octanol–water partition coefficient (Wildman–Crippen LogP) is 13.9. The zero-order valence-electron chi connectivity index (χ0n) is 46.6. The molecule has 7 rings (SSSR count). The second kappa shape index (κ2) is 31.3. The molecule has 420 valence electrons. The van der Waals surface area contributed by atoms with Crippen molar-refractivity contribution in [3.8, 4) is 11.5 Å². The number of methoxy groups -OCH3 is 2. The van der Waals surface area contributed by atoms with E-state index < -0.39 is 17.7 Å². The Morgan fingerprint density at radius 1 is 0.615 bits per heavy atom. The van der Waals surface area contributed by atoms with Crippen LogP contribution in [0.2, 0.25) is 0 Å². The van der Waals surface area contributed by atoms with E-state index in [4.69, 9.17) is 37.9 Å². The molecule has 0 bridgehead atoms. The fourth-order valence-electron chi connectivity index (χ4n) is 8.79. The lowest BCUT2D eigenvalue weighted by Gasteiger charge is -2.32. The summed E-state index contributed by atoms with van der Waals surface area (Å²) in [6.07, 6.45) is 9.24. The Morgan fingerprint density at radius 3 is 1.55 bits per heavy atom. The molecule has 0 aromatic heterocycles. The molecule has 0 heterocycles. The summed E-state index contributed by atoms with van der Waals surface area (Å²) in [4.78, 5) is 26.0. The summed E-state index contributed by atoms with van der Waals surface area (Å²) in [6, 6.07) is 38.1. The number of nitrogens with one attached hydrogen (secondary N) is 1. The molecule has 5 aromatic rings. The molecule has 1 amide bonds. The van der Waals surface area contributed by atoms with Gasteiger partial charge in [0.15, 0.2) is 0 Å². The van der Waals surface area contributed by atoms with Crippen LogP contribution in [-0.2, 0) is 65.9 Å². The standard InChI is InChI=1S/C40H50FNO7.C25H31FO3/c1-28(46-25-32-18-22-35(45-5)23-19-32)37(47-26-31-14-15-31)33(24-29-16-20-34(41)21-17-29)12-9-13-36(42-39(44)49-40(2,3)4)38(43)48-27-30-10-7-6-8-11-30;1-4-22(15-19-7-11-23(26)12-8-19)25(29-17-20-5-6-20)18(2)28-16-21-9-13-24(27-3)14-10-21/h6-8,10-11,13,16-23,28,31,33,37H,9,12,14-15,24-27H2,1-5H3,(H,42,44);4,7-14,18,20,22,25H,1,5-6,15-17H2,2-3H3/b36-13-;/t28-,33+,37-;18-,22+,25-/m00/s1. The first-order chi connectivity index (χ1) is 37.6. The average molecular weight is 1070 g/mol. The Balaban J connectivity index is 0.000000288. The van der Waals surface area contributed by atoms with E-state index in [-0.39, 0.29) is 60.2 Å². The van der Waals surface area contributed by atoms with Crippen LogP contribution in [0.4, 0.5) is 13.6 Å². The SMILES string of the molecule is C=C[C@H](Cc1ccc(F)cc1)[C@@H](OCC1CC1)[C@H](C)OCc1ccc(OC)cc1.COc1ccc(CO[C@@H](C)[C@H](OCC2CC2)[C@H](CC/C=C(\NC(=O)OC(C)(C)C)C(=O)OCc2ccccc2)Cc2ccc(F)cc2)cc1. The zero-order chi connectivity index (χ0) is 55.9. The van der Waals surface area contributed by atoms with Crippen LogP contribution in [0.5, 0.6) is 11.5 Å². The lowest BCUT2D eigenvalue weighted by molar-refractivity contribution is -0.140. The third-order valence-corrected chi connectivity index (χ3v) is 13.7. The van der Waals surface area contributed by atoms with Gasteiger partial charge in [0, 0.05) is 19.1 Å². The second-order valence-electron chi connectivity index (χ2n) is 21.4. The number of amides is 1. The second-order valence-corrected chi connectivity index (χ2v) is 21.4. The highest BCUT2D eigenvalue weighted by Crippen LogP contribution is 2.34. The Kier molecular flexibility index (Phi) is 24.4. The van der Waals surface area contributed by atoms with Gasteiger partial charge in [-0.2, -0.15) is 0 Å². The van der Waals surface area contributed by atoms with Gasteiger partial charge in [0.05, 0.1) is 51.8 Å². The number of ether oxygens (including phenoxy) is 8. The zero-order valence-corrected chi connectivity index (χ0v) is 46.6. The van der Waals surface area contributed by atoms with E-state index in [0.29, 0.717) is 50.9 Å². The largest absolute Gasteiger partial charge is 0.497 e. The molecule has 78 heavy (non-hydrogen) atoms. The van der Waals surface area contributed by atoms with Crippen molar-refractivity contribution in [2.24, 2.45) is 23.7 Å². The fraction of sp³-hybridized carbons (Fsp3) is 0.446. The van der Waals surface area contributed by atoms with Gasteiger partial charge in [-0.1, -0.05) is 91.0 Å². The first kappa shape index (κ1) is 60.8. The number of hydrogen-bond acceptors (Lipinski definition) is 10. The Bertz CT molecular complexity index is 2580. The molecule has 2 fully saturated rings. The maximum Gasteiger partial charge on any atom is 0.412 e. The van der Waals surface area contributed by atoms with Crippen molar-refractivity contribution in [3.63, 3.8) is 0 Å². The van der Waals surface area contributed by atoms with Crippen molar-refractivity contribution in [1.82, 2.24) is 5.32 Å². The first-order valence-corrected chi connectivity index (χ1v) is 27.3. The molecular weight excluding hydrogens is 993 g/mol. The average Bonchev–Trinajstić information content (AvgIpc) is 4.40. The van der Waals surface area contributed by atoms with Gasteiger partial charge in [-0.3, -0.25) is 5.32 Å². The number of esters is 1. The number of halogens is 2. The third kappa shape index (κ3) is 22.2. The van der Waals surface area contributed by atoms with E-state index in [2.05, 4.69) is 18.8 Å². The number of alkyl carbamates (subject to hydrolysis) is 1. The number of carbonyl (C=O) groups is 2. The monoisotopic (exact) mass is 1070 g/mol. The third-order valence-electron chi connectivity index (χ3n) is 13.7. The Labute approximate surface area is 461 Å². The molecular formula is C65H81F2NO10. The van der Waals surface area contributed by atoms with E-state index in [1.807, 2.05) is 104 Å². The molecule has 0 radical (unpaired) electrons. The minimum atomic E-state index is -0.753. The van der Waals surface area contributed by atoms with Crippen molar-refractivity contribution >= 4 is 12.1 Å². The predicted molar refractivity (Wildman–Crippen MR) is 300 cm³/mol. The lowest BCUT2D eigenvalue weighted by Crippen LogP contribution is -2.38. The van der Waals surface area contributed by atoms with Gasteiger partial charge in [-0.25, -0.2) is 18.4 Å². The summed E-state index contributed by atoms with van der Waals surface area (Å²) >= 11 is 0. The van der Waals surface area contributed by atoms with Crippen molar-refractivity contribution < 1.29 is 56.3 Å². The van der Waals surface area contributed by atoms with Crippen LogP contribution < -0.4 is 14.8 Å². The van der Waals surface area contributed by atoms with E-state index in [0.717, 1.165) is 65.2 Å². The van der Waals surface area contributed by atoms with Crippen LogP contribution in [0.25, 0.3) is 0 Å². The minimum absolute atomic E-state index is 0.00460. The molecule has 11 nitrogen and oxygen atoms in total. The van der Waals surface area contributed by atoms with Crippen LogP contribution in [-0.4, -0.2) is 69.5 Å². The summed E-state index contributed by atoms with van der Waals surface area (Å²) in [5, 5.41) is 2.61. The molecule has 13 heteroatoms. The molecule has 6 atom stereocenters. The smallest absolute Gasteiger partial charge is 0.412 e.